The number of methoxy groups -OCH3 is 2. The highest BCUT2D eigenvalue weighted by molar-refractivity contribution is 7.71. The monoisotopic (exact) mass is 413 g/mol. The summed E-state index contributed by atoms with van der Waals surface area (Å²) in [4.78, 5) is 0. The maximum absolute atomic E-state index is 5.51. The molecule has 154 valence electrons. The average molecular weight is 414 g/mol. The van der Waals surface area contributed by atoms with Gasteiger partial charge in [0.1, 0.15) is 11.5 Å². The Morgan fingerprint density at radius 3 is 2.62 bits per heavy atom. The van der Waals surface area contributed by atoms with E-state index < -0.39 is 0 Å². The molecule has 29 heavy (non-hydrogen) atoms. The van der Waals surface area contributed by atoms with Crippen molar-refractivity contribution < 1.29 is 9.47 Å². The van der Waals surface area contributed by atoms with Crippen LogP contribution < -0.4 is 9.47 Å². The van der Waals surface area contributed by atoms with Crippen molar-refractivity contribution in [3.05, 3.63) is 46.0 Å². The summed E-state index contributed by atoms with van der Waals surface area (Å²) in [5.41, 5.74) is 4.21. The minimum Gasteiger partial charge on any atom is -0.497 e. The fourth-order valence-corrected chi connectivity index (χ4v) is 3.46. The van der Waals surface area contributed by atoms with Gasteiger partial charge in [-0.3, -0.25) is 0 Å². The highest BCUT2D eigenvalue weighted by Crippen LogP contribution is 2.32. The summed E-state index contributed by atoms with van der Waals surface area (Å²) in [6.07, 6.45) is 1.82. The fraction of sp³-hybridized carbons (Fsp3) is 0.381. The molecule has 0 aliphatic rings. The van der Waals surface area contributed by atoms with Gasteiger partial charge in [-0.05, 0) is 50.2 Å². The molecule has 3 aromatic rings. The summed E-state index contributed by atoms with van der Waals surface area (Å²) in [5, 5.41) is 11.8. The minimum absolute atomic E-state index is 0.408. The van der Waals surface area contributed by atoms with Crippen LogP contribution in [0.3, 0.4) is 0 Å². The molecule has 0 aliphatic heterocycles. The summed E-state index contributed by atoms with van der Waals surface area (Å²) in [5.74, 6) is 2.47. The third-order valence-electron chi connectivity index (χ3n) is 4.77. The van der Waals surface area contributed by atoms with Crippen molar-refractivity contribution in [3.63, 3.8) is 0 Å². The number of benzene rings is 1. The lowest BCUT2D eigenvalue weighted by Crippen LogP contribution is -2.08. The molecule has 2 heterocycles. The number of aryl methyl sites for hydroxylation is 1. The Morgan fingerprint density at radius 1 is 1.21 bits per heavy atom. The highest BCUT2D eigenvalue weighted by Gasteiger charge is 2.15. The molecule has 0 atom stereocenters. The van der Waals surface area contributed by atoms with Crippen LogP contribution in [-0.2, 0) is 6.54 Å². The van der Waals surface area contributed by atoms with E-state index in [1.165, 1.54) is 11.4 Å². The molecule has 0 saturated heterocycles. The van der Waals surface area contributed by atoms with E-state index in [1.807, 2.05) is 18.3 Å². The van der Waals surface area contributed by atoms with Crippen molar-refractivity contribution in [2.24, 2.45) is 11.0 Å². The van der Waals surface area contributed by atoms with Crippen LogP contribution in [0.5, 0.6) is 11.5 Å². The van der Waals surface area contributed by atoms with Gasteiger partial charge in [-0.15, -0.1) is 0 Å². The number of nitrogens with zero attached hydrogens (tertiary/aromatic N) is 4. The van der Waals surface area contributed by atoms with Gasteiger partial charge in [-0.2, -0.15) is 14.9 Å². The first-order valence-corrected chi connectivity index (χ1v) is 9.87. The third-order valence-corrected chi connectivity index (χ3v) is 5.04. The number of hydrogen-bond donors (Lipinski definition) is 1. The van der Waals surface area contributed by atoms with Gasteiger partial charge < -0.3 is 14.0 Å². The molecule has 0 unspecified atom stereocenters. The minimum atomic E-state index is 0.408. The molecule has 0 amide bonds. The molecule has 2 aromatic heterocycles. The molecule has 1 aromatic carbocycles. The lowest BCUT2D eigenvalue weighted by molar-refractivity contribution is 0.395. The summed E-state index contributed by atoms with van der Waals surface area (Å²) >= 11 is 5.40. The van der Waals surface area contributed by atoms with Gasteiger partial charge in [0.15, 0.2) is 5.82 Å². The van der Waals surface area contributed by atoms with Crippen LogP contribution in [-0.4, -0.2) is 39.9 Å². The van der Waals surface area contributed by atoms with Gasteiger partial charge in [-0.1, -0.05) is 13.8 Å². The number of rotatable bonds is 7. The summed E-state index contributed by atoms with van der Waals surface area (Å²) < 4.78 is 15.1. The van der Waals surface area contributed by atoms with E-state index in [1.54, 1.807) is 25.0 Å². The first-order valence-electron chi connectivity index (χ1n) is 9.46. The summed E-state index contributed by atoms with van der Waals surface area (Å²) in [6, 6.07) is 7.67. The first kappa shape index (κ1) is 20.9. The van der Waals surface area contributed by atoms with Gasteiger partial charge in [0.05, 0.1) is 26.0 Å². The zero-order valence-corrected chi connectivity index (χ0v) is 18.5. The molecule has 7 nitrogen and oxygen atoms in total. The lowest BCUT2D eigenvalue weighted by atomic mass is 10.2. The Labute approximate surface area is 176 Å². The number of hydrogen-bond acceptors (Lipinski definition) is 5. The van der Waals surface area contributed by atoms with E-state index in [4.69, 9.17) is 21.7 Å². The quantitative estimate of drug-likeness (QED) is 0.455. The molecule has 0 saturated carbocycles. The predicted octanol–water partition coefficient (Wildman–Crippen LogP) is 4.58. The zero-order valence-electron chi connectivity index (χ0n) is 17.7. The number of aromatic nitrogens is 4. The Kier molecular flexibility index (Phi) is 6.22. The van der Waals surface area contributed by atoms with Crippen LogP contribution in [0.4, 0.5) is 0 Å². The second-order valence-corrected chi connectivity index (χ2v) is 7.69. The molecular weight excluding hydrogens is 386 g/mol. The number of aromatic amines is 1. The van der Waals surface area contributed by atoms with Crippen molar-refractivity contribution in [2.45, 2.75) is 34.2 Å². The lowest BCUT2D eigenvalue weighted by Gasteiger charge is -2.11. The molecule has 0 spiro atoms. The predicted molar refractivity (Wildman–Crippen MR) is 118 cm³/mol. The van der Waals surface area contributed by atoms with Crippen molar-refractivity contribution in [1.29, 1.82) is 0 Å². The molecule has 1 N–H and O–H groups in total. The molecule has 0 aliphatic carbocycles. The second kappa shape index (κ2) is 8.65. The number of ether oxygens (including phenoxy) is 2. The van der Waals surface area contributed by atoms with E-state index in [-0.39, 0.29) is 0 Å². The van der Waals surface area contributed by atoms with Crippen molar-refractivity contribution >= 4 is 18.4 Å². The number of nitrogens with one attached hydrogen (secondary N) is 1. The Balaban J connectivity index is 2.01. The van der Waals surface area contributed by atoms with Crippen LogP contribution in [0.1, 0.15) is 30.8 Å². The Morgan fingerprint density at radius 2 is 1.97 bits per heavy atom. The maximum atomic E-state index is 5.51. The SMILES string of the molecule is COc1ccc(-c2n[nH]c(=S)n2/N=C\c2cc(C)n(CC(C)C)c2C)c(OC)c1. The standard InChI is InChI=1S/C21H27N5O2S/c1-13(2)12-25-14(3)9-16(15(25)4)11-22-26-20(23-24-21(26)29)18-8-7-17(27-5)10-19(18)28-6/h7-11,13H,12H2,1-6H3,(H,24,29)/b22-11-. The molecule has 8 heteroatoms. The van der Waals surface area contributed by atoms with Crippen molar-refractivity contribution in [1.82, 2.24) is 19.4 Å². The third kappa shape index (κ3) is 4.27. The van der Waals surface area contributed by atoms with Crippen LogP contribution in [0.25, 0.3) is 11.4 Å². The van der Waals surface area contributed by atoms with E-state index in [0.717, 1.165) is 17.7 Å². The molecule has 0 bridgehead atoms. The van der Waals surface area contributed by atoms with Crippen molar-refractivity contribution in [2.75, 3.05) is 14.2 Å². The summed E-state index contributed by atoms with van der Waals surface area (Å²) in [7, 11) is 3.22. The Hall–Kier alpha value is -2.87. The smallest absolute Gasteiger partial charge is 0.216 e. The molecule has 3 rings (SSSR count). The van der Waals surface area contributed by atoms with E-state index in [0.29, 0.717) is 28.0 Å². The largest absolute Gasteiger partial charge is 0.497 e. The van der Waals surface area contributed by atoms with Crippen LogP contribution in [0.2, 0.25) is 0 Å². The van der Waals surface area contributed by atoms with Gasteiger partial charge in [0.2, 0.25) is 4.77 Å². The maximum Gasteiger partial charge on any atom is 0.216 e. The van der Waals surface area contributed by atoms with Crippen molar-refractivity contribution in [3.8, 4) is 22.9 Å². The fourth-order valence-electron chi connectivity index (χ4n) is 3.28. The Bertz CT molecular complexity index is 1090. The van der Waals surface area contributed by atoms with Gasteiger partial charge >= 0.3 is 0 Å². The average Bonchev–Trinajstić information content (AvgIpc) is 3.19. The molecule has 0 radical (unpaired) electrons. The molecule has 0 fully saturated rings. The highest BCUT2D eigenvalue weighted by atomic mass is 32.1. The van der Waals surface area contributed by atoms with E-state index >= 15 is 0 Å². The topological polar surface area (TPSA) is 69.4 Å². The van der Waals surface area contributed by atoms with Gasteiger partial charge in [0.25, 0.3) is 0 Å². The van der Waals surface area contributed by atoms with Gasteiger partial charge in [-0.25, -0.2) is 5.10 Å². The van der Waals surface area contributed by atoms with Crippen LogP contribution >= 0.6 is 12.2 Å². The normalized spacial score (nSPS) is 11.6. The van der Waals surface area contributed by atoms with E-state index in [2.05, 4.69) is 53.6 Å². The zero-order chi connectivity index (χ0) is 21.1. The first-order chi connectivity index (χ1) is 13.8. The van der Waals surface area contributed by atoms with E-state index in [9.17, 15) is 0 Å². The van der Waals surface area contributed by atoms with Gasteiger partial charge in [0, 0.05) is 29.6 Å². The summed E-state index contributed by atoms with van der Waals surface area (Å²) in [6.45, 7) is 9.63. The second-order valence-electron chi connectivity index (χ2n) is 7.31. The van der Waals surface area contributed by atoms with Crippen LogP contribution in [0.15, 0.2) is 29.4 Å². The van der Waals surface area contributed by atoms with Crippen LogP contribution in [0, 0.1) is 24.5 Å². The molecular formula is C21H27N5O2S. The number of H-pyrrole nitrogens is 1.